The van der Waals surface area contributed by atoms with Crippen LogP contribution in [-0.2, 0) is 21.2 Å². The Bertz CT molecular complexity index is 919. The van der Waals surface area contributed by atoms with Gasteiger partial charge in [-0.25, -0.2) is 4.79 Å². The molecule has 0 atom stereocenters. The summed E-state index contributed by atoms with van der Waals surface area (Å²) in [7, 11) is 0. The number of hydroxylamine groups is 2. The van der Waals surface area contributed by atoms with E-state index in [1.807, 2.05) is 0 Å². The molecular weight excluding hydrogens is 365 g/mol. The maximum atomic E-state index is 12.9. The molecule has 0 bridgehead atoms. The Morgan fingerprint density at radius 3 is 2.11 bits per heavy atom. The lowest BCUT2D eigenvalue weighted by Gasteiger charge is -2.24. The zero-order valence-electron chi connectivity index (χ0n) is 14.2. The van der Waals surface area contributed by atoms with Crippen LogP contribution in [0.1, 0.15) is 45.8 Å². The molecule has 0 aliphatic carbocycles. The molecule has 3 rings (SSSR count). The monoisotopic (exact) mass is 378 g/mol. The summed E-state index contributed by atoms with van der Waals surface area (Å²) in [5.74, 6) is -2.74. The van der Waals surface area contributed by atoms with Crippen LogP contribution in [0, 0.1) is 0 Å². The molecule has 1 aliphatic rings. The smallest absolute Gasteiger partial charge is 0.329 e. The third kappa shape index (κ3) is 3.16. The van der Waals surface area contributed by atoms with E-state index in [0.717, 1.165) is 18.3 Å². The summed E-state index contributed by atoms with van der Waals surface area (Å²) in [5, 5.41) is 0.308. The Kier molecular flexibility index (Phi) is 4.25. The zero-order valence-corrected chi connectivity index (χ0v) is 14.2. The molecule has 0 unspecified atom stereocenters. The molecule has 1 aliphatic heterocycles. The van der Waals surface area contributed by atoms with Gasteiger partial charge in [0.05, 0.1) is 22.4 Å². The lowest BCUT2D eigenvalue weighted by molar-refractivity contribution is -0.174. The minimum Gasteiger partial charge on any atom is -0.329 e. The average molecular weight is 378 g/mol. The van der Waals surface area contributed by atoms with Gasteiger partial charge in [-0.2, -0.15) is 13.2 Å². The summed E-state index contributed by atoms with van der Waals surface area (Å²) in [4.78, 5) is 45.8. The van der Waals surface area contributed by atoms with E-state index in [9.17, 15) is 27.6 Å². The first-order chi connectivity index (χ1) is 12.5. The van der Waals surface area contributed by atoms with Crippen molar-refractivity contribution in [3.05, 3.63) is 65.0 Å². The molecule has 9 heteroatoms. The van der Waals surface area contributed by atoms with Crippen LogP contribution in [0.4, 0.5) is 13.2 Å². The number of carbonyl (C=O) groups excluding carboxylic acids is 3. The van der Waals surface area contributed by atoms with E-state index < -0.39 is 34.9 Å². The number of pyridine rings is 1. The van der Waals surface area contributed by atoms with E-state index in [4.69, 9.17) is 4.84 Å². The average Bonchev–Trinajstić information content (AvgIpc) is 2.86. The van der Waals surface area contributed by atoms with E-state index in [-0.39, 0.29) is 16.8 Å². The molecule has 0 radical (unpaired) electrons. The van der Waals surface area contributed by atoms with Crippen LogP contribution >= 0.6 is 0 Å². The molecule has 0 spiro atoms. The molecule has 2 amide bonds. The minimum absolute atomic E-state index is 0.0744. The summed E-state index contributed by atoms with van der Waals surface area (Å²) < 4.78 is 38.7. The molecule has 0 fully saturated rings. The standard InChI is InChI=1S/C18H13F3N2O4/c1-17(2,13-9-10(7-8-22-13)18(19,20)21)16(26)27-23-14(24)11-5-3-4-6-12(11)15(23)25/h3-9H,1-2H3. The van der Waals surface area contributed by atoms with Gasteiger partial charge in [-0.3, -0.25) is 14.6 Å². The first-order valence-electron chi connectivity index (χ1n) is 7.77. The Balaban J connectivity index is 1.86. The van der Waals surface area contributed by atoms with Crippen LogP contribution in [0.5, 0.6) is 0 Å². The van der Waals surface area contributed by atoms with Gasteiger partial charge in [0.25, 0.3) is 11.8 Å². The number of halogens is 3. The van der Waals surface area contributed by atoms with E-state index in [2.05, 4.69) is 4.98 Å². The molecule has 0 N–H and O–H groups in total. The summed E-state index contributed by atoms with van der Waals surface area (Å²) in [6, 6.07) is 7.40. The first kappa shape index (κ1) is 18.6. The number of amides is 2. The quantitative estimate of drug-likeness (QED) is 0.767. The molecule has 0 saturated heterocycles. The van der Waals surface area contributed by atoms with Crippen molar-refractivity contribution in [2.24, 2.45) is 0 Å². The van der Waals surface area contributed by atoms with Crippen molar-refractivity contribution in [3.8, 4) is 0 Å². The van der Waals surface area contributed by atoms with Gasteiger partial charge < -0.3 is 4.84 Å². The van der Waals surface area contributed by atoms with Gasteiger partial charge in [0.15, 0.2) is 0 Å². The maximum Gasteiger partial charge on any atom is 0.416 e. The van der Waals surface area contributed by atoms with Crippen LogP contribution in [0.2, 0.25) is 0 Å². The van der Waals surface area contributed by atoms with Crippen LogP contribution in [0.25, 0.3) is 0 Å². The van der Waals surface area contributed by atoms with Crippen LogP contribution in [0.15, 0.2) is 42.6 Å². The lowest BCUT2D eigenvalue weighted by atomic mass is 9.88. The highest BCUT2D eigenvalue weighted by molar-refractivity contribution is 6.21. The SMILES string of the molecule is CC(C)(C(=O)ON1C(=O)c2ccccc2C1=O)c1cc(C(F)(F)F)ccn1. The van der Waals surface area contributed by atoms with Crippen molar-refractivity contribution in [1.29, 1.82) is 0 Å². The molecule has 1 aromatic heterocycles. The zero-order chi connectivity index (χ0) is 20.0. The topological polar surface area (TPSA) is 76.6 Å². The summed E-state index contributed by atoms with van der Waals surface area (Å²) in [5.41, 5.74) is -2.68. The van der Waals surface area contributed by atoms with Crippen molar-refractivity contribution in [2.45, 2.75) is 25.4 Å². The highest BCUT2D eigenvalue weighted by atomic mass is 19.4. The van der Waals surface area contributed by atoms with Gasteiger partial charge >= 0.3 is 12.1 Å². The summed E-state index contributed by atoms with van der Waals surface area (Å²) >= 11 is 0. The first-order valence-corrected chi connectivity index (χ1v) is 7.77. The number of alkyl halides is 3. The second-order valence-electron chi connectivity index (χ2n) is 6.38. The van der Waals surface area contributed by atoms with E-state index in [1.54, 1.807) is 12.1 Å². The number of imide groups is 1. The summed E-state index contributed by atoms with van der Waals surface area (Å²) in [6.07, 6.45) is -3.69. The molecule has 2 aromatic rings. The number of rotatable bonds is 3. The number of fused-ring (bicyclic) bond motifs is 1. The van der Waals surface area contributed by atoms with Gasteiger partial charge in [-0.05, 0) is 38.1 Å². The van der Waals surface area contributed by atoms with Crippen LogP contribution in [-0.4, -0.2) is 27.8 Å². The Hall–Kier alpha value is -3.23. The van der Waals surface area contributed by atoms with Crippen LogP contribution in [0.3, 0.4) is 0 Å². The van der Waals surface area contributed by atoms with Crippen molar-refractivity contribution in [2.75, 3.05) is 0 Å². The predicted octanol–water partition coefficient (Wildman–Crippen LogP) is 3.13. The predicted molar refractivity (Wildman–Crippen MR) is 85.3 cm³/mol. The Morgan fingerprint density at radius 2 is 1.59 bits per heavy atom. The van der Waals surface area contributed by atoms with E-state index in [0.29, 0.717) is 5.06 Å². The third-order valence-electron chi connectivity index (χ3n) is 4.17. The fourth-order valence-electron chi connectivity index (χ4n) is 2.50. The molecule has 2 heterocycles. The number of carbonyl (C=O) groups is 3. The number of hydrogen-bond acceptors (Lipinski definition) is 5. The van der Waals surface area contributed by atoms with Gasteiger partial charge in [-0.15, -0.1) is 0 Å². The van der Waals surface area contributed by atoms with Gasteiger partial charge in [0, 0.05) is 6.20 Å². The van der Waals surface area contributed by atoms with Gasteiger partial charge in [0.1, 0.15) is 5.41 Å². The minimum atomic E-state index is -4.61. The largest absolute Gasteiger partial charge is 0.416 e. The fraction of sp³-hybridized carbons (Fsp3) is 0.222. The fourth-order valence-corrected chi connectivity index (χ4v) is 2.50. The number of nitrogens with zero attached hydrogens (tertiary/aromatic N) is 2. The molecular formula is C18H13F3N2O4. The Labute approximate surface area is 151 Å². The van der Waals surface area contributed by atoms with E-state index >= 15 is 0 Å². The van der Waals surface area contributed by atoms with E-state index in [1.165, 1.54) is 26.0 Å². The van der Waals surface area contributed by atoms with Crippen molar-refractivity contribution in [1.82, 2.24) is 10.0 Å². The number of benzene rings is 1. The van der Waals surface area contributed by atoms with Gasteiger partial charge in [0.2, 0.25) is 0 Å². The number of aromatic nitrogens is 1. The molecule has 1 aromatic carbocycles. The molecule has 27 heavy (non-hydrogen) atoms. The summed E-state index contributed by atoms with van der Waals surface area (Å²) in [6.45, 7) is 2.58. The second-order valence-corrected chi connectivity index (χ2v) is 6.38. The third-order valence-corrected chi connectivity index (χ3v) is 4.17. The molecule has 6 nitrogen and oxygen atoms in total. The normalized spacial score (nSPS) is 14.3. The Morgan fingerprint density at radius 1 is 1.04 bits per heavy atom. The lowest BCUT2D eigenvalue weighted by Crippen LogP contribution is -2.40. The van der Waals surface area contributed by atoms with Crippen molar-refractivity contribution >= 4 is 17.8 Å². The van der Waals surface area contributed by atoms with Crippen molar-refractivity contribution < 1.29 is 32.4 Å². The highest BCUT2D eigenvalue weighted by Crippen LogP contribution is 2.33. The molecule has 140 valence electrons. The van der Waals surface area contributed by atoms with Gasteiger partial charge in [-0.1, -0.05) is 17.2 Å². The second kappa shape index (κ2) is 6.19. The van der Waals surface area contributed by atoms with Crippen LogP contribution < -0.4 is 0 Å². The van der Waals surface area contributed by atoms with Crippen molar-refractivity contribution in [3.63, 3.8) is 0 Å². The molecule has 0 saturated carbocycles. The number of hydrogen-bond donors (Lipinski definition) is 0. The maximum absolute atomic E-state index is 12.9. The highest BCUT2D eigenvalue weighted by Gasteiger charge is 2.43.